The number of aromatic nitrogens is 3. The summed E-state index contributed by atoms with van der Waals surface area (Å²) in [6.45, 7) is 3.71. The van der Waals surface area contributed by atoms with Gasteiger partial charge < -0.3 is 4.74 Å². The van der Waals surface area contributed by atoms with E-state index in [2.05, 4.69) is 15.0 Å². The molecule has 0 aliphatic rings. The van der Waals surface area contributed by atoms with Crippen molar-refractivity contribution in [1.82, 2.24) is 15.0 Å². The maximum absolute atomic E-state index is 5.91. The highest BCUT2D eigenvalue weighted by Crippen LogP contribution is 2.28. The van der Waals surface area contributed by atoms with Crippen molar-refractivity contribution in [1.29, 1.82) is 0 Å². The van der Waals surface area contributed by atoms with E-state index >= 15 is 0 Å². The Morgan fingerprint density at radius 1 is 1.00 bits per heavy atom. The number of hydrogen-bond donors (Lipinski definition) is 0. The lowest BCUT2D eigenvalue weighted by Crippen LogP contribution is -1.95. The van der Waals surface area contributed by atoms with Crippen LogP contribution in [-0.4, -0.2) is 15.0 Å². The molecule has 20 heavy (non-hydrogen) atoms. The minimum absolute atomic E-state index is 0.358. The van der Waals surface area contributed by atoms with Gasteiger partial charge in [0, 0.05) is 17.1 Å². The quantitative estimate of drug-likeness (QED) is 0.666. The molecular formula is C15H12ClN3O. The molecule has 0 atom stereocenters. The first-order valence-corrected chi connectivity index (χ1v) is 6.55. The molecule has 0 N–H and O–H groups in total. The third-order valence-corrected chi connectivity index (χ3v) is 3.01. The minimum atomic E-state index is 0.358. The molecule has 0 fully saturated rings. The highest BCUT2D eigenvalue weighted by atomic mass is 35.5. The Labute approximate surface area is 121 Å². The summed E-state index contributed by atoms with van der Waals surface area (Å²) in [6.07, 6.45) is 0. The van der Waals surface area contributed by atoms with Crippen molar-refractivity contribution < 1.29 is 4.74 Å². The van der Waals surface area contributed by atoms with Gasteiger partial charge in [-0.1, -0.05) is 29.8 Å². The van der Waals surface area contributed by atoms with Gasteiger partial charge in [0.05, 0.1) is 0 Å². The van der Waals surface area contributed by atoms with Crippen LogP contribution in [0.15, 0.2) is 36.4 Å². The number of benzene rings is 1. The average molecular weight is 286 g/mol. The summed E-state index contributed by atoms with van der Waals surface area (Å²) in [5.74, 6) is 1.63. The van der Waals surface area contributed by atoms with Gasteiger partial charge in [0.2, 0.25) is 5.88 Å². The van der Waals surface area contributed by atoms with E-state index in [1.54, 1.807) is 13.0 Å². The van der Waals surface area contributed by atoms with Crippen molar-refractivity contribution in [2.45, 2.75) is 13.8 Å². The number of hydrogen-bond acceptors (Lipinski definition) is 4. The number of nitrogens with zero attached hydrogens (tertiary/aromatic N) is 3. The van der Waals surface area contributed by atoms with Crippen molar-refractivity contribution >= 4 is 22.5 Å². The monoisotopic (exact) mass is 285 g/mol. The van der Waals surface area contributed by atoms with Gasteiger partial charge in [-0.2, -0.15) is 4.98 Å². The first-order chi connectivity index (χ1) is 9.61. The Morgan fingerprint density at radius 2 is 1.85 bits per heavy atom. The fourth-order valence-corrected chi connectivity index (χ4v) is 2.19. The molecule has 0 spiro atoms. The molecule has 0 unspecified atom stereocenters. The van der Waals surface area contributed by atoms with Crippen LogP contribution in [0.4, 0.5) is 0 Å². The van der Waals surface area contributed by atoms with E-state index in [9.17, 15) is 0 Å². The Morgan fingerprint density at radius 3 is 2.65 bits per heavy atom. The molecule has 0 aliphatic heterocycles. The van der Waals surface area contributed by atoms with Crippen molar-refractivity contribution in [3.05, 3.63) is 53.1 Å². The number of aryl methyl sites for hydroxylation is 2. The minimum Gasteiger partial charge on any atom is -0.437 e. The van der Waals surface area contributed by atoms with Gasteiger partial charge in [-0.15, -0.1) is 0 Å². The summed E-state index contributed by atoms with van der Waals surface area (Å²) < 4.78 is 5.81. The van der Waals surface area contributed by atoms with Crippen molar-refractivity contribution in [2.24, 2.45) is 0 Å². The molecule has 0 radical (unpaired) electrons. The zero-order valence-corrected chi connectivity index (χ0v) is 11.8. The third kappa shape index (κ3) is 2.56. The third-order valence-electron chi connectivity index (χ3n) is 2.82. The maximum atomic E-state index is 5.91. The zero-order valence-electron chi connectivity index (χ0n) is 11.1. The fraction of sp³-hybridized carbons (Fsp3) is 0.133. The Balaban J connectivity index is 2.08. The summed E-state index contributed by atoms with van der Waals surface area (Å²) in [5, 5.41) is 1.38. The zero-order chi connectivity index (χ0) is 14.1. The Bertz CT molecular complexity index is 769. The molecule has 0 aliphatic carbocycles. The second kappa shape index (κ2) is 5.06. The van der Waals surface area contributed by atoms with Crippen LogP contribution in [-0.2, 0) is 0 Å². The number of ether oxygens (including phenoxy) is 1. The summed E-state index contributed by atoms with van der Waals surface area (Å²) in [5.41, 5.74) is 1.74. The van der Waals surface area contributed by atoms with Gasteiger partial charge in [-0.25, -0.2) is 9.97 Å². The lowest BCUT2D eigenvalue weighted by atomic mass is 10.2. The SMILES string of the molecule is Cc1ccc2cccc(Oc3cc(Cl)nc(C)n3)c2n1. The molecule has 2 heterocycles. The molecule has 0 amide bonds. The van der Waals surface area contributed by atoms with Gasteiger partial charge in [0.15, 0.2) is 5.75 Å². The summed E-state index contributed by atoms with van der Waals surface area (Å²) in [4.78, 5) is 12.7. The Hall–Kier alpha value is -2.20. The van der Waals surface area contributed by atoms with Crippen molar-refractivity contribution in [3.8, 4) is 11.6 Å². The number of pyridine rings is 1. The molecule has 0 saturated carbocycles. The van der Waals surface area contributed by atoms with Crippen LogP contribution in [0, 0.1) is 13.8 Å². The van der Waals surface area contributed by atoms with Crippen molar-refractivity contribution in [3.63, 3.8) is 0 Å². The molecule has 3 rings (SSSR count). The van der Waals surface area contributed by atoms with Crippen LogP contribution >= 0.6 is 11.6 Å². The van der Waals surface area contributed by atoms with Gasteiger partial charge in [0.1, 0.15) is 16.5 Å². The predicted octanol–water partition coefficient (Wildman–Crippen LogP) is 4.09. The van der Waals surface area contributed by atoms with E-state index < -0.39 is 0 Å². The number of rotatable bonds is 2. The first kappa shape index (κ1) is 12.8. The van der Waals surface area contributed by atoms with Crippen LogP contribution in [0.5, 0.6) is 11.6 Å². The average Bonchev–Trinajstić information content (AvgIpc) is 2.38. The first-order valence-electron chi connectivity index (χ1n) is 6.17. The van der Waals surface area contributed by atoms with E-state index in [1.165, 1.54) is 0 Å². The number of fused-ring (bicyclic) bond motifs is 1. The molecule has 100 valence electrons. The standard InChI is InChI=1S/C15H12ClN3O/c1-9-6-7-11-4-3-5-12(15(11)17-9)20-14-8-13(16)18-10(2)19-14/h3-8H,1-2H3. The van der Waals surface area contributed by atoms with Gasteiger partial charge >= 0.3 is 0 Å². The molecule has 0 bridgehead atoms. The maximum Gasteiger partial charge on any atom is 0.224 e. The van der Waals surface area contributed by atoms with Gasteiger partial charge in [-0.05, 0) is 26.0 Å². The molecule has 1 aromatic carbocycles. The van der Waals surface area contributed by atoms with E-state index in [0.717, 1.165) is 16.6 Å². The molecule has 5 heteroatoms. The summed E-state index contributed by atoms with van der Waals surface area (Å²) in [6, 6.07) is 11.3. The van der Waals surface area contributed by atoms with Gasteiger partial charge in [-0.3, -0.25) is 0 Å². The molecule has 2 aromatic heterocycles. The van der Waals surface area contributed by atoms with Crippen molar-refractivity contribution in [2.75, 3.05) is 0 Å². The summed E-state index contributed by atoms with van der Waals surface area (Å²) >= 11 is 5.91. The Kier molecular flexibility index (Phi) is 3.24. The normalized spacial score (nSPS) is 10.8. The van der Waals surface area contributed by atoms with E-state index in [-0.39, 0.29) is 0 Å². The second-order valence-electron chi connectivity index (χ2n) is 4.46. The number of para-hydroxylation sites is 1. The molecule has 4 nitrogen and oxygen atoms in total. The van der Waals surface area contributed by atoms with E-state index in [0.29, 0.717) is 22.6 Å². The molecule has 0 saturated heterocycles. The predicted molar refractivity (Wildman–Crippen MR) is 78.3 cm³/mol. The number of halogens is 1. The van der Waals surface area contributed by atoms with Crippen LogP contribution in [0.25, 0.3) is 10.9 Å². The topological polar surface area (TPSA) is 47.9 Å². The lowest BCUT2D eigenvalue weighted by Gasteiger charge is -2.08. The largest absolute Gasteiger partial charge is 0.437 e. The smallest absolute Gasteiger partial charge is 0.224 e. The highest BCUT2D eigenvalue weighted by molar-refractivity contribution is 6.29. The fourth-order valence-electron chi connectivity index (χ4n) is 1.97. The second-order valence-corrected chi connectivity index (χ2v) is 4.85. The lowest BCUT2D eigenvalue weighted by molar-refractivity contribution is 0.464. The molecule has 3 aromatic rings. The molecular weight excluding hydrogens is 274 g/mol. The highest BCUT2D eigenvalue weighted by Gasteiger charge is 2.07. The van der Waals surface area contributed by atoms with Crippen LogP contribution in [0.3, 0.4) is 0 Å². The van der Waals surface area contributed by atoms with Crippen LogP contribution in [0.2, 0.25) is 5.15 Å². The van der Waals surface area contributed by atoms with Crippen LogP contribution < -0.4 is 4.74 Å². The van der Waals surface area contributed by atoms with E-state index in [1.807, 2.05) is 37.3 Å². The van der Waals surface area contributed by atoms with E-state index in [4.69, 9.17) is 16.3 Å². The van der Waals surface area contributed by atoms with Crippen LogP contribution in [0.1, 0.15) is 11.5 Å². The van der Waals surface area contributed by atoms with Gasteiger partial charge in [0.25, 0.3) is 0 Å². The summed E-state index contributed by atoms with van der Waals surface area (Å²) in [7, 11) is 0.